The van der Waals surface area contributed by atoms with Gasteiger partial charge in [0.15, 0.2) is 0 Å². The molecule has 2 amide bonds. The number of nitrogens with zero attached hydrogens (tertiary/aromatic N) is 1. The second-order valence-corrected chi connectivity index (χ2v) is 9.26. The number of aromatic carboxylic acids is 1. The van der Waals surface area contributed by atoms with Crippen LogP contribution < -0.4 is 5.32 Å². The van der Waals surface area contributed by atoms with Crippen molar-refractivity contribution >= 4 is 51.8 Å². The van der Waals surface area contributed by atoms with Crippen LogP contribution in [0.1, 0.15) is 36.0 Å². The molecule has 0 saturated carbocycles. The number of aliphatic hydroxyl groups excluding tert-OH is 1. The van der Waals surface area contributed by atoms with Crippen molar-refractivity contribution < 1.29 is 29.7 Å². The van der Waals surface area contributed by atoms with E-state index in [4.69, 9.17) is 17.3 Å². The van der Waals surface area contributed by atoms with Gasteiger partial charge in [-0.3, -0.25) is 14.5 Å². The monoisotopic (exact) mass is 500 g/mol. The number of carboxylic acids is 1. The fourth-order valence-corrected chi connectivity index (χ4v) is 4.61. The number of carbonyl (C=O) groups is 3. The third-order valence-corrected chi connectivity index (χ3v) is 6.55. The van der Waals surface area contributed by atoms with E-state index in [1.54, 1.807) is 18.2 Å². The van der Waals surface area contributed by atoms with E-state index in [-0.39, 0.29) is 30.1 Å². The van der Waals surface area contributed by atoms with Crippen LogP contribution in [-0.2, 0) is 9.59 Å². The summed E-state index contributed by atoms with van der Waals surface area (Å²) in [4.78, 5) is 37.6. The zero-order valence-corrected chi connectivity index (χ0v) is 19.8. The molecule has 0 radical (unpaired) electrons. The van der Waals surface area contributed by atoms with Crippen molar-refractivity contribution in [2.45, 2.75) is 31.8 Å². The van der Waals surface area contributed by atoms with E-state index in [1.165, 1.54) is 17.0 Å². The van der Waals surface area contributed by atoms with Crippen LogP contribution in [0.15, 0.2) is 65.1 Å². The van der Waals surface area contributed by atoms with Gasteiger partial charge in [-0.25, -0.2) is 4.79 Å². The summed E-state index contributed by atoms with van der Waals surface area (Å²) in [7, 11) is 0. The molecule has 178 valence electrons. The van der Waals surface area contributed by atoms with Gasteiger partial charge in [-0.1, -0.05) is 54.4 Å². The van der Waals surface area contributed by atoms with Crippen molar-refractivity contribution in [3.05, 3.63) is 70.7 Å². The van der Waals surface area contributed by atoms with E-state index in [9.17, 15) is 24.6 Å². The molecule has 1 saturated heterocycles. The highest BCUT2D eigenvalue weighted by molar-refractivity contribution is 8.26. The topological polar surface area (TPSA) is 127 Å². The van der Waals surface area contributed by atoms with Crippen molar-refractivity contribution in [1.82, 2.24) is 4.90 Å². The molecule has 1 unspecified atom stereocenters. The highest BCUT2D eigenvalue weighted by Crippen LogP contribution is 2.31. The Balaban J connectivity index is 1.53. The molecule has 34 heavy (non-hydrogen) atoms. The van der Waals surface area contributed by atoms with Gasteiger partial charge in [-0.2, -0.15) is 0 Å². The first-order chi connectivity index (χ1) is 16.3. The SMILES string of the molecule is O=C(CCN1C(=O)/C(=C\C=C\C(O)C2=CC=CCCC2)SC1=S)Nc1ccc(C(=O)O)c(O)c1. The highest BCUT2D eigenvalue weighted by atomic mass is 32.2. The minimum Gasteiger partial charge on any atom is -0.507 e. The lowest BCUT2D eigenvalue weighted by molar-refractivity contribution is -0.122. The Kier molecular flexibility index (Phi) is 8.80. The van der Waals surface area contributed by atoms with Gasteiger partial charge in [0.1, 0.15) is 15.6 Å². The summed E-state index contributed by atoms with van der Waals surface area (Å²) in [5, 5.41) is 31.6. The van der Waals surface area contributed by atoms with Crippen LogP contribution in [0.4, 0.5) is 5.69 Å². The molecule has 0 bridgehead atoms. The molecule has 1 heterocycles. The summed E-state index contributed by atoms with van der Waals surface area (Å²) in [6.45, 7) is 0.0680. The van der Waals surface area contributed by atoms with Gasteiger partial charge in [-0.15, -0.1) is 0 Å². The Morgan fingerprint density at radius 2 is 2.12 bits per heavy atom. The summed E-state index contributed by atoms with van der Waals surface area (Å²) in [5.41, 5.74) is 0.885. The molecule has 1 aromatic carbocycles. The lowest BCUT2D eigenvalue weighted by atomic mass is 10.0. The van der Waals surface area contributed by atoms with Crippen LogP contribution in [0.5, 0.6) is 5.75 Å². The first kappa shape index (κ1) is 25.4. The Morgan fingerprint density at radius 3 is 2.85 bits per heavy atom. The zero-order valence-electron chi connectivity index (χ0n) is 18.1. The normalized spacial score (nSPS) is 18.3. The average Bonchev–Trinajstić information content (AvgIpc) is 2.96. The van der Waals surface area contributed by atoms with Gasteiger partial charge in [0.25, 0.3) is 5.91 Å². The number of carbonyl (C=O) groups excluding carboxylic acids is 2. The molecule has 1 fully saturated rings. The van der Waals surface area contributed by atoms with Gasteiger partial charge in [0.2, 0.25) is 5.91 Å². The number of hydrogen-bond acceptors (Lipinski definition) is 7. The van der Waals surface area contributed by atoms with Crippen molar-refractivity contribution in [2.75, 3.05) is 11.9 Å². The number of allylic oxidation sites excluding steroid dienone is 5. The van der Waals surface area contributed by atoms with E-state index < -0.39 is 23.7 Å². The smallest absolute Gasteiger partial charge is 0.339 e. The summed E-state index contributed by atoms with van der Waals surface area (Å²) >= 11 is 6.39. The standard InChI is InChI=1S/C24H24N2O6S2/c27-18(15-6-3-1-2-4-7-15)8-5-9-20-22(30)26(24(33)34-20)13-12-21(29)25-16-10-11-17(23(31)32)19(28)14-16/h1,3,5-6,8-11,14,18,27-28H,2,4,7,12-13H2,(H,25,29)(H,31,32)/b8-5+,20-9+. The predicted octanol–water partition coefficient (Wildman–Crippen LogP) is 3.75. The maximum absolute atomic E-state index is 12.7. The van der Waals surface area contributed by atoms with Crippen molar-refractivity contribution in [3.63, 3.8) is 0 Å². The molecule has 0 spiro atoms. The molecule has 3 rings (SSSR count). The third-order valence-electron chi connectivity index (χ3n) is 5.15. The fourth-order valence-electron chi connectivity index (χ4n) is 3.35. The first-order valence-electron chi connectivity index (χ1n) is 10.6. The Bertz CT molecular complexity index is 1120. The number of aliphatic hydroxyl groups is 1. The molecular formula is C24H24N2O6S2. The van der Waals surface area contributed by atoms with Gasteiger partial charge in [0, 0.05) is 24.7 Å². The van der Waals surface area contributed by atoms with Crippen LogP contribution in [0.3, 0.4) is 0 Å². The molecule has 4 N–H and O–H groups in total. The van der Waals surface area contributed by atoms with Crippen molar-refractivity contribution in [3.8, 4) is 5.75 Å². The summed E-state index contributed by atoms with van der Waals surface area (Å²) in [6.07, 6.45) is 12.8. The molecular weight excluding hydrogens is 476 g/mol. The quantitative estimate of drug-likeness (QED) is 0.314. The largest absolute Gasteiger partial charge is 0.507 e. The molecule has 2 aliphatic rings. The number of thioether (sulfide) groups is 1. The van der Waals surface area contributed by atoms with E-state index in [1.807, 2.05) is 12.2 Å². The van der Waals surface area contributed by atoms with Crippen LogP contribution in [0.2, 0.25) is 0 Å². The fraction of sp³-hybridized carbons (Fsp3) is 0.250. The number of rotatable bonds is 8. The summed E-state index contributed by atoms with van der Waals surface area (Å²) in [6, 6.07) is 3.70. The molecule has 1 atom stereocenters. The minimum absolute atomic E-state index is 0.0443. The molecule has 1 aliphatic carbocycles. The average molecular weight is 501 g/mol. The molecule has 10 heteroatoms. The molecule has 0 aromatic heterocycles. The van der Waals surface area contributed by atoms with Crippen molar-refractivity contribution in [1.29, 1.82) is 0 Å². The molecule has 1 aliphatic heterocycles. The predicted molar refractivity (Wildman–Crippen MR) is 135 cm³/mol. The van der Waals surface area contributed by atoms with Crippen LogP contribution in [-0.4, -0.2) is 55.0 Å². The summed E-state index contributed by atoms with van der Waals surface area (Å²) < 4.78 is 0.332. The second-order valence-electron chi connectivity index (χ2n) is 7.58. The second kappa shape index (κ2) is 11.8. The lowest BCUT2D eigenvalue weighted by Crippen LogP contribution is -2.31. The van der Waals surface area contributed by atoms with Gasteiger partial charge in [-0.05, 0) is 43.0 Å². The van der Waals surface area contributed by atoms with Crippen LogP contribution in [0.25, 0.3) is 0 Å². The summed E-state index contributed by atoms with van der Waals surface area (Å²) in [5.74, 6) is -2.48. The number of carboxylic acid groups (broad SMARTS) is 1. The van der Waals surface area contributed by atoms with Crippen molar-refractivity contribution in [2.24, 2.45) is 0 Å². The van der Waals surface area contributed by atoms with Gasteiger partial charge < -0.3 is 20.6 Å². The zero-order chi connectivity index (χ0) is 24.7. The maximum atomic E-state index is 12.7. The van der Waals surface area contributed by atoms with Crippen LogP contribution >= 0.6 is 24.0 Å². The third kappa shape index (κ3) is 6.66. The van der Waals surface area contributed by atoms with E-state index >= 15 is 0 Å². The van der Waals surface area contributed by atoms with Gasteiger partial charge in [0.05, 0.1) is 11.0 Å². The maximum Gasteiger partial charge on any atom is 0.339 e. The van der Waals surface area contributed by atoms with E-state index in [0.717, 1.165) is 42.7 Å². The van der Waals surface area contributed by atoms with E-state index in [2.05, 4.69) is 11.4 Å². The number of aromatic hydroxyl groups is 1. The number of benzene rings is 1. The van der Waals surface area contributed by atoms with E-state index in [0.29, 0.717) is 9.23 Å². The Labute approximate surface area is 206 Å². The number of phenols is 1. The first-order valence-corrected chi connectivity index (χ1v) is 11.8. The Morgan fingerprint density at radius 1 is 1.32 bits per heavy atom. The molecule has 8 nitrogen and oxygen atoms in total. The minimum atomic E-state index is -1.28. The lowest BCUT2D eigenvalue weighted by Gasteiger charge is -2.14. The van der Waals surface area contributed by atoms with Gasteiger partial charge >= 0.3 is 5.97 Å². The number of amides is 2. The van der Waals surface area contributed by atoms with Crippen LogP contribution in [0, 0.1) is 0 Å². The number of hydrogen-bond donors (Lipinski definition) is 4. The number of anilines is 1. The highest BCUT2D eigenvalue weighted by Gasteiger charge is 2.31. The molecule has 1 aromatic rings. The Hall–Kier alpha value is -3.21. The number of thiocarbonyl (C=S) groups is 1. The number of nitrogens with one attached hydrogen (secondary N) is 1.